The number of guanidine groups is 1. The maximum Gasteiger partial charge on any atom is 0.241 e. The minimum absolute atomic E-state index is 0. The third kappa shape index (κ3) is 11.0. The first-order valence-electron chi connectivity index (χ1n) is 9.09. The minimum Gasteiger partial charge on any atom is -0.494 e. The lowest BCUT2D eigenvalue weighted by Gasteiger charge is -2.15. The van der Waals surface area contributed by atoms with Gasteiger partial charge in [0.25, 0.3) is 0 Å². The highest BCUT2D eigenvalue weighted by Gasteiger charge is 2.07. The first-order valence-corrected chi connectivity index (χ1v) is 9.09. The van der Waals surface area contributed by atoms with Gasteiger partial charge in [-0.25, -0.2) is 4.99 Å². The molecule has 0 radical (unpaired) electrons. The minimum atomic E-state index is -0.0106. The van der Waals surface area contributed by atoms with E-state index in [1.165, 1.54) is 0 Å². The molecule has 8 heteroatoms. The Bertz CT molecular complexity index is 568. The maximum atomic E-state index is 11.8. The fraction of sp³-hybridized carbons (Fsp3) is 0.579. The second kappa shape index (κ2) is 15.5. The van der Waals surface area contributed by atoms with Crippen molar-refractivity contribution < 1.29 is 14.3 Å². The van der Waals surface area contributed by atoms with E-state index in [2.05, 4.69) is 15.6 Å². The Hall–Kier alpha value is -1.55. The Morgan fingerprint density at radius 3 is 2.56 bits per heavy atom. The lowest BCUT2D eigenvalue weighted by Crippen LogP contribution is -2.43. The molecule has 1 aromatic rings. The molecule has 0 bridgehead atoms. The van der Waals surface area contributed by atoms with Crippen LogP contribution in [0.4, 0.5) is 0 Å². The van der Waals surface area contributed by atoms with Crippen LogP contribution in [0.3, 0.4) is 0 Å². The molecule has 0 saturated heterocycles. The van der Waals surface area contributed by atoms with Crippen LogP contribution >= 0.6 is 24.0 Å². The zero-order valence-corrected chi connectivity index (χ0v) is 19.1. The van der Waals surface area contributed by atoms with Crippen molar-refractivity contribution in [2.24, 2.45) is 4.99 Å². The summed E-state index contributed by atoms with van der Waals surface area (Å²) in [5.41, 5.74) is 1.00. The average Bonchev–Trinajstić information content (AvgIpc) is 2.64. The van der Waals surface area contributed by atoms with Crippen LogP contribution in [0.2, 0.25) is 0 Å². The quantitative estimate of drug-likeness (QED) is 0.215. The van der Waals surface area contributed by atoms with Gasteiger partial charge in [-0.1, -0.05) is 18.2 Å². The Kier molecular flexibility index (Phi) is 14.6. The Morgan fingerprint density at radius 1 is 1.15 bits per heavy atom. The summed E-state index contributed by atoms with van der Waals surface area (Å²) in [5.74, 6) is 1.42. The van der Waals surface area contributed by atoms with Gasteiger partial charge >= 0.3 is 0 Å². The first-order chi connectivity index (χ1) is 12.6. The normalized spacial score (nSPS) is 10.7. The monoisotopic (exact) mass is 492 g/mol. The zero-order valence-electron chi connectivity index (χ0n) is 16.8. The van der Waals surface area contributed by atoms with E-state index < -0.39 is 0 Å². The van der Waals surface area contributed by atoms with E-state index in [0.717, 1.165) is 24.3 Å². The third-order valence-corrected chi connectivity index (χ3v) is 3.55. The molecule has 27 heavy (non-hydrogen) atoms. The molecular weight excluding hydrogens is 459 g/mol. The molecular formula is C19H33IN4O3. The second-order valence-corrected chi connectivity index (χ2v) is 5.82. The number of hydrogen-bond donors (Lipinski definition) is 2. The molecule has 2 N–H and O–H groups in total. The molecule has 0 spiro atoms. The number of carbonyl (C=O) groups excluding carboxylic acids is 1. The van der Waals surface area contributed by atoms with E-state index in [9.17, 15) is 4.79 Å². The molecule has 7 nitrogen and oxygen atoms in total. The number of para-hydroxylation sites is 1. The van der Waals surface area contributed by atoms with Crippen LogP contribution in [0, 0.1) is 0 Å². The number of carbonyl (C=O) groups is 1. The van der Waals surface area contributed by atoms with Crippen LogP contribution in [-0.4, -0.2) is 63.8 Å². The molecule has 0 aliphatic rings. The predicted molar refractivity (Wildman–Crippen MR) is 120 cm³/mol. The van der Waals surface area contributed by atoms with E-state index >= 15 is 0 Å². The van der Waals surface area contributed by atoms with Crippen molar-refractivity contribution in [1.29, 1.82) is 0 Å². The summed E-state index contributed by atoms with van der Waals surface area (Å²) in [7, 11) is 3.46. The van der Waals surface area contributed by atoms with Crippen LogP contribution in [-0.2, 0) is 16.1 Å². The number of aliphatic imine (C=N–C) groups is 1. The van der Waals surface area contributed by atoms with Crippen molar-refractivity contribution in [2.75, 3.05) is 47.0 Å². The molecule has 0 unspecified atom stereocenters. The zero-order chi connectivity index (χ0) is 19.2. The topological polar surface area (TPSA) is 75.2 Å². The molecule has 0 aromatic heterocycles. The van der Waals surface area contributed by atoms with E-state index in [0.29, 0.717) is 32.3 Å². The van der Waals surface area contributed by atoms with Gasteiger partial charge in [0, 0.05) is 39.4 Å². The maximum absolute atomic E-state index is 11.8. The van der Waals surface area contributed by atoms with Gasteiger partial charge in [-0.3, -0.25) is 4.79 Å². The number of ether oxygens (including phenoxy) is 2. The third-order valence-electron chi connectivity index (χ3n) is 3.55. The van der Waals surface area contributed by atoms with Crippen LogP contribution in [0.15, 0.2) is 29.3 Å². The highest BCUT2D eigenvalue weighted by atomic mass is 127. The summed E-state index contributed by atoms with van der Waals surface area (Å²) in [6.45, 7) is 7.33. The summed E-state index contributed by atoms with van der Waals surface area (Å²) in [4.78, 5) is 18.0. The van der Waals surface area contributed by atoms with Gasteiger partial charge in [-0.2, -0.15) is 0 Å². The van der Waals surface area contributed by atoms with Crippen LogP contribution in [0.5, 0.6) is 5.75 Å². The van der Waals surface area contributed by atoms with Gasteiger partial charge in [-0.05, 0) is 26.3 Å². The van der Waals surface area contributed by atoms with Crippen molar-refractivity contribution in [2.45, 2.75) is 26.8 Å². The van der Waals surface area contributed by atoms with E-state index in [-0.39, 0.29) is 36.4 Å². The van der Waals surface area contributed by atoms with Crippen LogP contribution < -0.4 is 15.4 Å². The lowest BCUT2D eigenvalue weighted by molar-refractivity contribution is -0.127. The standard InChI is InChI=1S/C19H32N4O3.HI/c1-5-25-13-9-12-20-19(22-15-18(24)23(3)4)21-14-16-10-7-8-11-17(16)26-6-2;/h7-8,10-11H,5-6,9,12-15H2,1-4H3,(H2,20,21,22);1H. The van der Waals surface area contributed by atoms with Crippen molar-refractivity contribution >= 4 is 35.8 Å². The largest absolute Gasteiger partial charge is 0.494 e. The summed E-state index contributed by atoms with van der Waals surface area (Å²) in [6.07, 6.45) is 0.867. The number of likely N-dealkylation sites (N-methyl/N-ethyl adjacent to an activating group) is 1. The fourth-order valence-electron chi connectivity index (χ4n) is 2.11. The van der Waals surface area contributed by atoms with Gasteiger partial charge in [-0.15, -0.1) is 24.0 Å². The van der Waals surface area contributed by atoms with Crippen LogP contribution in [0.25, 0.3) is 0 Å². The van der Waals surface area contributed by atoms with E-state index in [4.69, 9.17) is 9.47 Å². The van der Waals surface area contributed by atoms with E-state index in [1.807, 2.05) is 38.1 Å². The second-order valence-electron chi connectivity index (χ2n) is 5.82. The molecule has 1 rings (SSSR count). The number of nitrogens with one attached hydrogen (secondary N) is 2. The smallest absolute Gasteiger partial charge is 0.241 e. The molecule has 1 amide bonds. The molecule has 0 fully saturated rings. The number of nitrogens with zero attached hydrogens (tertiary/aromatic N) is 2. The van der Waals surface area contributed by atoms with Crippen LogP contribution in [0.1, 0.15) is 25.8 Å². The average molecular weight is 492 g/mol. The van der Waals surface area contributed by atoms with Gasteiger partial charge in [0.15, 0.2) is 5.96 Å². The highest BCUT2D eigenvalue weighted by Crippen LogP contribution is 2.18. The van der Waals surface area contributed by atoms with Crippen molar-refractivity contribution in [3.05, 3.63) is 29.8 Å². The number of rotatable bonds is 11. The molecule has 0 aliphatic heterocycles. The number of hydrogen-bond acceptors (Lipinski definition) is 4. The highest BCUT2D eigenvalue weighted by molar-refractivity contribution is 14.0. The van der Waals surface area contributed by atoms with E-state index in [1.54, 1.807) is 19.0 Å². The molecule has 154 valence electrons. The number of halogens is 1. The lowest BCUT2D eigenvalue weighted by atomic mass is 10.2. The Morgan fingerprint density at radius 2 is 1.89 bits per heavy atom. The molecule has 0 atom stereocenters. The Labute approximate surface area is 179 Å². The predicted octanol–water partition coefficient (Wildman–Crippen LogP) is 2.25. The molecule has 0 heterocycles. The van der Waals surface area contributed by atoms with Gasteiger partial charge < -0.3 is 25.0 Å². The van der Waals surface area contributed by atoms with Gasteiger partial charge in [0.1, 0.15) is 5.75 Å². The first kappa shape index (κ1) is 25.4. The van der Waals surface area contributed by atoms with Crippen molar-refractivity contribution in [3.63, 3.8) is 0 Å². The summed E-state index contributed by atoms with van der Waals surface area (Å²) in [5, 5.41) is 6.32. The Balaban J connectivity index is 0.00000676. The molecule has 1 aromatic carbocycles. The summed E-state index contributed by atoms with van der Waals surface area (Å²) < 4.78 is 11.0. The SMILES string of the molecule is CCOCCCNC(=NCc1ccccc1OCC)NCC(=O)N(C)C.I. The summed E-state index contributed by atoms with van der Waals surface area (Å²) in [6, 6.07) is 7.84. The van der Waals surface area contributed by atoms with Crippen molar-refractivity contribution in [3.8, 4) is 5.75 Å². The summed E-state index contributed by atoms with van der Waals surface area (Å²) >= 11 is 0. The van der Waals surface area contributed by atoms with Gasteiger partial charge in [0.05, 0.1) is 19.7 Å². The van der Waals surface area contributed by atoms with Crippen molar-refractivity contribution in [1.82, 2.24) is 15.5 Å². The fourth-order valence-corrected chi connectivity index (χ4v) is 2.11. The van der Waals surface area contributed by atoms with Gasteiger partial charge in [0.2, 0.25) is 5.91 Å². The number of amides is 1. The molecule has 0 aliphatic carbocycles. The number of benzene rings is 1. The molecule has 0 saturated carbocycles.